The molecule has 0 unspecified atom stereocenters. The molecule has 1 aliphatic heterocycles. The Labute approximate surface area is 91.2 Å². The van der Waals surface area contributed by atoms with E-state index in [1.54, 1.807) is 0 Å². The van der Waals surface area contributed by atoms with Crippen molar-refractivity contribution in [3.05, 3.63) is 32.9 Å². The summed E-state index contributed by atoms with van der Waals surface area (Å²) in [5.41, 5.74) is 2.35. The van der Waals surface area contributed by atoms with E-state index >= 15 is 0 Å². The first-order valence-electron chi connectivity index (χ1n) is 4.21. The third-order valence-corrected chi connectivity index (χ3v) is 2.68. The molecule has 0 N–H and O–H groups in total. The zero-order valence-electron chi connectivity index (χ0n) is 7.38. The molecule has 0 fully saturated rings. The van der Waals surface area contributed by atoms with Crippen molar-refractivity contribution in [3.63, 3.8) is 0 Å². The van der Waals surface area contributed by atoms with Crippen molar-refractivity contribution >= 4 is 28.5 Å². The number of aryl methyl sites for hydroxylation is 1. The van der Waals surface area contributed by atoms with Gasteiger partial charge in [0.15, 0.2) is 0 Å². The summed E-state index contributed by atoms with van der Waals surface area (Å²) in [6.07, 6.45) is 0. The van der Waals surface area contributed by atoms with Gasteiger partial charge >= 0.3 is 0 Å². The molecular formula is C10H10INO. The molecule has 0 aromatic heterocycles. The van der Waals surface area contributed by atoms with Crippen LogP contribution in [0.3, 0.4) is 0 Å². The molecule has 13 heavy (non-hydrogen) atoms. The Morgan fingerprint density at radius 1 is 1.46 bits per heavy atom. The molecule has 0 spiro atoms. The zero-order chi connectivity index (χ0) is 9.26. The maximum absolute atomic E-state index is 5.41. The quantitative estimate of drug-likeness (QED) is 0.727. The topological polar surface area (TPSA) is 21.6 Å². The van der Waals surface area contributed by atoms with Gasteiger partial charge in [-0.05, 0) is 53.3 Å². The van der Waals surface area contributed by atoms with E-state index in [2.05, 4.69) is 52.7 Å². The molecule has 1 aliphatic rings. The van der Waals surface area contributed by atoms with E-state index in [9.17, 15) is 0 Å². The van der Waals surface area contributed by atoms with Crippen molar-refractivity contribution in [1.82, 2.24) is 0 Å². The molecule has 2 rings (SSSR count). The summed E-state index contributed by atoms with van der Waals surface area (Å²) in [5, 5.41) is 0. The minimum Gasteiger partial charge on any atom is -0.476 e. The first-order valence-corrected chi connectivity index (χ1v) is 5.29. The van der Waals surface area contributed by atoms with Crippen molar-refractivity contribution in [2.45, 2.75) is 6.92 Å². The van der Waals surface area contributed by atoms with E-state index in [1.165, 1.54) is 9.13 Å². The second-order valence-electron chi connectivity index (χ2n) is 2.99. The molecule has 0 saturated heterocycles. The van der Waals surface area contributed by atoms with Crippen LogP contribution in [0, 0.1) is 10.5 Å². The van der Waals surface area contributed by atoms with Crippen molar-refractivity contribution in [2.75, 3.05) is 13.2 Å². The summed E-state index contributed by atoms with van der Waals surface area (Å²) >= 11 is 2.30. The SMILES string of the molecule is Cc1cc(I)ccc1C1=NCCO1. The lowest BCUT2D eigenvalue weighted by Crippen LogP contribution is -2.03. The third kappa shape index (κ3) is 1.85. The van der Waals surface area contributed by atoms with E-state index < -0.39 is 0 Å². The molecule has 0 saturated carbocycles. The second-order valence-corrected chi connectivity index (χ2v) is 4.24. The van der Waals surface area contributed by atoms with E-state index in [1.807, 2.05) is 0 Å². The Hall–Kier alpha value is -0.580. The number of ether oxygens (including phenoxy) is 1. The average Bonchev–Trinajstić information content (AvgIpc) is 2.56. The molecule has 0 bridgehead atoms. The summed E-state index contributed by atoms with van der Waals surface area (Å²) in [6.45, 7) is 3.60. The van der Waals surface area contributed by atoms with E-state index in [4.69, 9.17) is 4.74 Å². The van der Waals surface area contributed by atoms with Gasteiger partial charge in [0.25, 0.3) is 0 Å². The molecule has 1 aromatic carbocycles. The number of hydrogen-bond acceptors (Lipinski definition) is 2. The smallest absolute Gasteiger partial charge is 0.216 e. The Balaban J connectivity index is 2.40. The zero-order valence-corrected chi connectivity index (χ0v) is 9.54. The minimum absolute atomic E-state index is 0.723. The summed E-state index contributed by atoms with van der Waals surface area (Å²) in [7, 11) is 0. The predicted octanol–water partition coefficient (Wildman–Crippen LogP) is 2.38. The Bertz CT molecular complexity index is 360. The lowest BCUT2D eigenvalue weighted by Gasteiger charge is -2.05. The van der Waals surface area contributed by atoms with Gasteiger partial charge in [0.1, 0.15) is 6.61 Å². The molecule has 1 heterocycles. The van der Waals surface area contributed by atoms with Crippen LogP contribution >= 0.6 is 22.6 Å². The molecule has 2 nitrogen and oxygen atoms in total. The number of benzene rings is 1. The Kier molecular flexibility index (Phi) is 2.53. The van der Waals surface area contributed by atoms with Crippen LogP contribution in [0.4, 0.5) is 0 Å². The molecule has 0 radical (unpaired) electrons. The predicted molar refractivity (Wildman–Crippen MR) is 61.3 cm³/mol. The van der Waals surface area contributed by atoms with Gasteiger partial charge in [-0.25, -0.2) is 4.99 Å². The molecule has 68 valence electrons. The van der Waals surface area contributed by atoms with Crippen LogP contribution in [0.2, 0.25) is 0 Å². The third-order valence-electron chi connectivity index (χ3n) is 2.00. The fourth-order valence-electron chi connectivity index (χ4n) is 1.37. The summed E-state index contributed by atoms with van der Waals surface area (Å²) < 4.78 is 6.65. The fraction of sp³-hybridized carbons (Fsp3) is 0.300. The van der Waals surface area contributed by atoms with Crippen molar-refractivity contribution < 1.29 is 4.74 Å². The summed E-state index contributed by atoms with van der Waals surface area (Å²) in [4.78, 5) is 4.29. The van der Waals surface area contributed by atoms with Crippen LogP contribution in [0.25, 0.3) is 0 Å². The van der Waals surface area contributed by atoms with Gasteiger partial charge in [-0.3, -0.25) is 0 Å². The fourth-order valence-corrected chi connectivity index (χ4v) is 2.01. The van der Waals surface area contributed by atoms with Crippen LogP contribution in [0.15, 0.2) is 23.2 Å². The van der Waals surface area contributed by atoms with Crippen LogP contribution in [0.1, 0.15) is 11.1 Å². The van der Waals surface area contributed by atoms with Crippen LogP contribution in [0.5, 0.6) is 0 Å². The van der Waals surface area contributed by atoms with Gasteiger partial charge in [0, 0.05) is 9.13 Å². The van der Waals surface area contributed by atoms with Gasteiger partial charge in [-0.2, -0.15) is 0 Å². The monoisotopic (exact) mass is 287 g/mol. The molecule has 0 aliphatic carbocycles. The van der Waals surface area contributed by atoms with Crippen molar-refractivity contribution in [2.24, 2.45) is 4.99 Å². The van der Waals surface area contributed by atoms with Gasteiger partial charge in [-0.1, -0.05) is 0 Å². The highest BCUT2D eigenvalue weighted by molar-refractivity contribution is 14.1. The average molecular weight is 287 g/mol. The minimum atomic E-state index is 0.723. The summed E-state index contributed by atoms with van der Waals surface area (Å²) in [6, 6.07) is 6.29. The first kappa shape index (κ1) is 8.99. The molecule has 0 atom stereocenters. The van der Waals surface area contributed by atoms with Gasteiger partial charge in [0.2, 0.25) is 5.90 Å². The first-order chi connectivity index (χ1) is 6.27. The number of halogens is 1. The number of nitrogens with zero attached hydrogens (tertiary/aromatic N) is 1. The Morgan fingerprint density at radius 3 is 2.92 bits per heavy atom. The van der Waals surface area contributed by atoms with Crippen molar-refractivity contribution in [3.8, 4) is 0 Å². The van der Waals surface area contributed by atoms with E-state index in [0.29, 0.717) is 0 Å². The van der Waals surface area contributed by atoms with Gasteiger partial charge in [0.05, 0.1) is 6.54 Å². The Morgan fingerprint density at radius 2 is 2.31 bits per heavy atom. The normalized spacial score (nSPS) is 15.4. The summed E-state index contributed by atoms with van der Waals surface area (Å²) in [5.74, 6) is 0.800. The van der Waals surface area contributed by atoms with Gasteiger partial charge in [-0.15, -0.1) is 0 Å². The highest BCUT2D eigenvalue weighted by Gasteiger charge is 2.12. The standard InChI is InChI=1S/C10H10INO/c1-7-6-8(11)2-3-9(7)10-12-4-5-13-10/h2-3,6H,4-5H2,1H3. The molecule has 3 heteroatoms. The highest BCUT2D eigenvalue weighted by Crippen LogP contribution is 2.16. The second kappa shape index (κ2) is 3.65. The molecule has 0 amide bonds. The van der Waals surface area contributed by atoms with Crippen LogP contribution in [-0.4, -0.2) is 19.0 Å². The number of aliphatic imine (C=N–C) groups is 1. The van der Waals surface area contributed by atoms with E-state index in [-0.39, 0.29) is 0 Å². The largest absolute Gasteiger partial charge is 0.476 e. The number of hydrogen-bond donors (Lipinski definition) is 0. The van der Waals surface area contributed by atoms with E-state index in [0.717, 1.165) is 24.6 Å². The van der Waals surface area contributed by atoms with Crippen LogP contribution in [-0.2, 0) is 4.74 Å². The highest BCUT2D eigenvalue weighted by atomic mass is 127. The lowest BCUT2D eigenvalue weighted by atomic mass is 10.1. The van der Waals surface area contributed by atoms with Gasteiger partial charge < -0.3 is 4.74 Å². The maximum atomic E-state index is 5.41. The molecule has 1 aromatic rings. The van der Waals surface area contributed by atoms with Crippen molar-refractivity contribution in [1.29, 1.82) is 0 Å². The lowest BCUT2D eigenvalue weighted by molar-refractivity contribution is 0.348. The molecular weight excluding hydrogens is 277 g/mol. The van der Waals surface area contributed by atoms with Crippen LogP contribution < -0.4 is 0 Å². The number of rotatable bonds is 1. The maximum Gasteiger partial charge on any atom is 0.216 e.